The molecular weight excluding hydrogens is 247 g/mol. The van der Waals surface area contributed by atoms with Crippen LogP contribution in [0.1, 0.15) is 12.5 Å². The predicted octanol–water partition coefficient (Wildman–Crippen LogP) is -0.720. The molecule has 0 saturated heterocycles. The van der Waals surface area contributed by atoms with E-state index in [4.69, 9.17) is 10.0 Å². The van der Waals surface area contributed by atoms with Gasteiger partial charge in [-0.1, -0.05) is 30.3 Å². The standard InChI is InChI=1S/C12H17BN2O4/c1-9(16)15-11(7-13(18)19)12(17)14-8-10-5-3-2-4-6-10/h2-6,11,18-19H,7-8H2,1H3,(H,14,17)(H,15,16). The van der Waals surface area contributed by atoms with E-state index in [-0.39, 0.29) is 6.32 Å². The molecule has 1 aromatic carbocycles. The first-order chi connectivity index (χ1) is 8.99. The fourth-order valence-corrected chi connectivity index (χ4v) is 1.60. The van der Waals surface area contributed by atoms with Gasteiger partial charge < -0.3 is 20.7 Å². The molecule has 1 atom stereocenters. The largest absolute Gasteiger partial charge is 0.454 e. The van der Waals surface area contributed by atoms with E-state index in [0.29, 0.717) is 6.54 Å². The summed E-state index contributed by atoms with van der Waals surface area (Å²) in [5, 5.41) is 22.8. The van der Waals surface area contributed by atoms with Crippen molar-refractivity contribution in [3.8, 4) is 0 Å². The van der Waals surface area contributed by atoms with Gasteiger partial charge in [0.15, 0.2) is 0 Å². The van der Waals surface area contributed by atoms with Gasteiger partial charge in [0.1, 0.15) is 6.04 Å². The molecular formula is C12H17BN2O4. The van der Waals surface area contributed by atoms with E-state index in [2.05, 4.69) is 10.6 Å². The van der Waals surface area contributed by atoms with Gasteiger partial charge >= 0.3 is 7.12 Å². The van der Waals surface area contributed by atoms with Crippen molar-refractivity contribution in [3.05, 3.63) is 35.9 Å². The molecule has 7 heteroatoms. The molecule has 0 aromatic heterocycles. The summed E-state index contributed by atoms with van der Waals surface area (Å²) in [6.45, 7) is 1.58. The fraction of sp³-hybridized carbons (Fsp3) is 0.333. The Labute approximate surface area is 112 Å². The second-order valence-corrected chi connectivity index (χ2v) is 4.17. The van der Waals surface area contributed by atoms with Crippen LogP contribution in [0.15, 0.2) is 30.3 Å². The van der Waals surface area contributed by atoms with Crippen LogP contribution < -0.4 is 10.6 Å². The normalized spacial score (nSPS) is 11.5. The quantitative estimate of drug-likeness (QED) is 0.509. The van der Waals surface area contributed by atoms with E-state index < -0.39 is 25.0 Å². The summed E-state index contributed by atoms with van der Waals surface area (Å²) in [4.78, 5) is 22.8. The summed E-state index contributed by atoms with van der Waals surface area (Å²) in [6.07, 6.45) is -0.250. The Morgan fingerprint density at radius 1 is 1.26 bits per heavy atom. The molecule has 0 aliphatic heterocycles. The van der Waals surface area contributed by atoms with Crippen molar-refractivity contribution < 1.29 is 19.6 Å². The lowest BCUT2D eigenvalue weighted by Crippen LogP contribution is -2.47. The van der Waals surface area contributed by atoms with Crippen molar-refractivity contribution in [1.29, 1.82) is 0 Å². The van der Waals surface area contributed by atoms with Crippen LogP contribution in [0.2, 0.25) is 6.32 Å². The minimum Gasteiger partial charge on any atom is -0.427 e. The summed E-state index contributed by atoms with van der Waals surface area (Å²) in [7, 11) is -1.65. The Morgan fingerprint density at radius 3 is 2.42 bits per heavy atom. The maximum Gasteiger partial charge on any atom is 0.454 e. The highest BCUT2D eigenvalue weighted by Crippen LogP contribution is 2.00. The smallest absolute Gasteiger partial charge is 0.427 e. The molecule has 0 aliphatic rings. The molecule has 0 fully saturated rings. The lowest BCUT2D eigenvalue weighted by molar-refractivity contribution is -0.127. The van der Waals surface area contributed by atoms with Gasteiger partial charge in [-0.25, -0.2) is 0 Å². The minimum absolute atomic E-state index is 0.250. The Balaban J connectivity index is 2.54. The van der Waals surface area contributed by atoms with Gasteiger partial charge in [0.2, 0.25) is 11.8 Å². The van der Waals surface area contributed by atoms with Crippen molar-refractivity contribution in [2.24, 2.45) is 0 Å². The summed E-state index contributed by atoms with van der Waals surface area (Å²) >= 11 is 0. The van der Waals surface area contributed by atoms with Crippen LogP contribution in [0.25, 0.3) is 0 Å². The Hall–Kier alpha value is -1.86. The van der Waals surface area contributed by atoms with Crippen LogP contribution >= 0.6 is 0 Å². The van der Waals surface area contributed by atoms with Crippen LogP contribution in [0.3, 0.4) is 0 Å². The molecule has 0 saturated carbocycles. The molecule has 0 bridgehead atoms. The number of carbonyl (C=O) groups is 2. The molecule has 1 unspecified atom stereocenters. The van der Waals surface area contributed by atoms with Gasteiger partial charge in [-0.15, -0.1) is 0 Å². The van der Waals surface area contributed by atoms with Gasteiger partial charge in [-0.2, -0.15) is 0 Å². The zero-order chi connectivity index (χ0) is 14.3. The van der Waals surface area contributed by atoms with Crippen molar-refractivity contribution in [2.75, 3.05) is 0 Å². The molecule has 0 spiro atoms. The number of carbonyl (C=O) groups excluding carboxylic acids is 2. The van der Waals surface area contributed by atoms with E-state index in [9.17, 15) is 9.59 Å². The molecule has 0 aliphatic carbocycles. The average Bonchev–Trinajstić information content (AvgIpc) is 2.35. The third-order valence-corrected chi connectivity index (χ3v) is 2.45. The van der Waals surface area contributed by atoms with E-state index in [1.54, 1.807) is 0 Å². The van der Waals surface area contributed by atoms with E-state index in [1.165, 1.54) is 6.92 Å². The molecule has 1 aromatic rings. The van der Waals surface area contributed by atoms with Crippen LogP contribution in [-0.4, -0.2) is 35.0 Å². The highest BCUT2D eigenvalue weighted by atomic mass is 16.4. The average molecular weight is 264 g/mol. The lowest BCUT2D eigenvalue weighted by Gasteiger charge is -2.17. The first kappa shape index (κ1) is 15.2. The zero-order valence-electron chi connectivity index (χ0n) is 10.7. The van der Waals surface area contributed by atoms with E-state index >= 15 is 0 Å². The Morgan fingerprint density at radius 2 is 1.89 bits per heavy atom. The number of amides is 2. The molecule has 19 heavy (non-hydrogen) atoms. The lowest BCUT2D eigenvalue weighted by atomic mass is 9.81. The van der Waals surface area contributed by atoms with Crippen molar-refractivity contribution in [1.82, 2.24) is 10.6 Å². The second-order valence-electron chi connectivity index (χ2n) is 4.17. The first-order valence-electron chi connectivity index (χ1n) is 5.94. The second kappa shape index (κ2) is 7.55. The van der Waals surface area contributed by atoms with E-state index in [0.717, 1.165) is 5.56 Å². The van der Waals surface area contributed by atoms with Crippen molar-refractivity contribution >= 4 is 18.9 Å². The SMILES string of the molecule is CC(=O)NC(CB(O)O)C(=O)NCc1ccccc1. The van der Waals surface area contributed by atoms with Gasteiger partial charge in [-0.05, 0) is 5.56 Å². The summed E-state index contributed by atoms with van der Waals surface area (Å²) in [6, 6.07) is 8.33. The Kier molecular flexibility index (Phi) is 6.04. The van der Waals surface area contributed by atoms with Gasteiger partial charge in [0, 0.05) is 19.8 Å². The molecule has 1 rings (SSSR count). The topological polar surface area (TPSA) is 98.7 Å². The zero-order valence-corrected chi connectivity index (χ0v) is 10.7. The molecule has 2 amide bonds. The van der Waals surface area contributed by atoms with Crippen molar-refractivity contribution in [3.63, 3.8) is 0 Å². The molecule has 6 nitrogen and oxygen atoms in total. The third kappa shape index (κ3) is 6.03. The van der Waals surface area contributed by atoms with E-state index in [1.807, 2.05) is 30.3 Å². The first-order valence-corrected chi connectivity index (χ1v) is 5.94. The van der Waals surface area contributed by atoms with Crippen molar-refractivity contribution in [2.45, 2.75) is 25.8 Å². The highest BCUT2D eigenvalue weighted by Gasteiger charge is 2.24. The third-order valence-electron chi connectivity index (χ3n) is 2.45. The molecule has 102 valence electrons. The van der Waals surface area contributed by atoms with Gasteiger partial charge in [0.25, 0.3) is 0 Å². The van der Waals surface area contributed by atoms with Crippen LogP contribution in [0.4, 0.5) is 0 Å². The number of rotatable bonds is 6. The molecule has 0 radical (unpaired) electrons. The molecule has 0 heterocycles. The number of nitrogens with one attached hydrogen (secondary N) is 2. The number of benzene rings is 1. The van der Waals surface area contributed by atoms with Crippen LogP contribution in [0.5, 0.6) is 0 Å². The number of hydrogen-bond acceptors (Lipinski definition) is 4. The predicted molar refractivity (Wildman–Crippen MR) is 70.9 cm³/mol. The summed E-state index contributed by atoms with van der Waals surface area (Å²) in [5.74, 6) is -0.854. The van der Waals surface area contributed by atoms with Crippen LogP contribution in [0, 0.1) is 0 Å². The van der Waals surface area contributed by atoms with Gasteiger partial charge in [0.05, 0.1) is 0 Å². The number of hydrogen-bond donors (Lipinski definition) is 4. The summed E-state index contributed by atoms with van der Waals surface area (Å²) in [5.41, 5.74) is 0.918. The minimum atomic E-state index is -1.65. The van der Waals surface area contributed by atoms with Crippen LogP contribution in [-0.2, 0) is 16.1 Å². The monoisotopic (exact) mass is 264 g/mol. The maximum atomic E-state index is 11.8. The summed E-state index contributed by atoms with van der Waals surface area (Å²) < 4.78 is 0. The van der Waals surface area contributed by atoms with Gasteiger partial charge in [-0.3, -0.25) is 9.59 Å². The highest BCUT2D eigenvalue weighted by molar-refractivity contribution is 6.41. The Bertz CT molecular complexity index is 425. The fourth-order valence-electron chi connectivity index (χ4n) is 1.60. The maximum absolute atomic E-state index is 11.8. The molecule has 4 N–H and O–H groups in total.